The van der Waals surface area contributed by atoms with E-state index in [4.69, 9.17) is 10.5 Å². The Morgan fingerprint density at radius 3 is 2.74 bits per heavy atom. The second-order valence-electron chi connectivity index (χ2n) is 4.41. The molecule has 1 aromatic heterocycles. The van der Waals surface area contributed by atoms with Crippen molar-refractivity contribution in [1.29, 1.82) is 0 Å². The molecule has 2 nitrogen and oxygen atoms in total. The normalized spacial score (nSPS) is 14.2. The third-order valence-corrected chi connectivity index (χ3v) is 4.21. The van der Waals surface area contributed by atoms with Gasteiger partial charge in [-0.05, 0) is 17.2 Å². The van der Waals surface area contributed by atoms with Crippen LogP contribution < -0.4 is 15.5 Å². The standard InChI is InChI=1S/C16H15NOS/c1-18-14-9-5-8-12(11-6-3-2-4-7-11)16-13(14)10-15(17)19-16/h2-8,10H,9,17H2,1H3. The van der Waals surface area contributed by atoms with Gasteiger partial charge in [-0.2, -0.15) is 0 Å². The lowest BCUT2D eigenvalue weighted by Gasteiger charge is -2.00. The van der Waals surface area contributed by atoms with Crippen molar-refractivity contribution in [1.82, 2.24) is 0 Å². The van der Waals surface area contributed by atoms with E-state index in [1.807, 2.05) is 12.1 Å². The number of fused-ring (bicyclic) bond motifs is 1. The van der Waals surface area contributed by atoms with Crippen molar-refractivity contribution >= 4 is 27.7 Å². The molecule has 0 fully saturated rings. The zero-order valence-electron chi connectivity index (χ0n) is 10.7. The molecule has 0 bridgehead atoms. The maximum atomic E-state index is 5.98. The van der Waals surface area contributed by atoms with Gasteiger partial charge in [0.1, 0.15) is 5.76 Å². The number of thiophene rings is 1. The van der Waals surface area contributed by atoms with Crippen LogP contribution in [0.4, 0.5) is 5.00 Å². The predicted octanol–water partition coefficient (Wildman–Crippen LogP) is 2.24. The van der Waals surface area contributed by atoms with E-state index in [-0.39, 0.29) is 0 Å². The first kappa shape index (κ1) is 12.1. The van der Waals surface area contributed by atoms with Gasteiger partial charge in [0.15, 0.2) is 0 Å². The molecule has 3 heteroatoms. The topological polar surface area (TPSA) is 35.2 Å². The van der Waals surface area contributed by atoms with Gasteiger partial charge in [-0.3, -0.25) is 0 Å². The monoisotopic (exact) mass is 269 g/mol. The predicted molar refractivity (Wildman–Crippen MR) is 81.1 cm³/mol. The molecule has 1 aliphatic rings. The minimum atomic E-state index is 0.802. The van der Waals surface area contributed by atoms with Gasteiger partial charge < -0.3 is 10.5 Å². The highest BCUT2D eigenvalue weighted by Gasteiger charge is 2.09. The van der Waals surface area contributed by atoms with Gasteiger partial charge in [0.2, 0.25) is 0 Å². The number of benzene rings is 1. The summed E-state index contributed by atoms with van der Waals surface area (Å²) in [4.78, 5) is 0. The first-order chi connectivity index (χ1) is 9.29. The minimum absolute atomic E-state index is 0.802. The second kappa shape index (κ2) is 4.94. The number of nitrogen functional groups attached to an aromatic ring is 1. The van der Waals surface area contributed by atoms with Crippen LogP contribution in [0.15, 0.2) is 48.6 Å². The molecule has 2 aromatic rings. The van der Waals surface area contributed by atoms with Gasteiger partial charge in [-0.15, -0.1) is 11.3 Å². The largest absolute Gasteiger partial charge is 0.500 e. The van der Waals surface area contributed by atoms with Crippen molar-refractivity contribution in [3.63, 3.8) is 0 Å². The van der Waals surface area contributed by atoms with E-state index >= 15 is 0 Å². The summed E-state index contributed by atoms with van der Waals surface area (Å²) in [7, 11) is 1.72. The summed E-state index contributed by atoms with van der Waals surface area (Å²) in [6.07, 6.45) is 5.11. The number of ether oxygens (including phenoxy) is 1. The SMILES string of the molecule is COC1=c2cc(N)sc2=C(c2ccccc2)C=CC1. The molecule has 1 aromatic carbocycles. The summed E-state index contributed by atoms with van der Waals surface area (Å²) < 4.78 is 6.69. The van der Waals surface area contributed by atoms with Crippen LogP contribution in [0.2, 0.25) is 0 Å². The van der Waals surface area contributed by atoms with Crippen molar-refractivity contribution in [2.75, 3.05) is 12.8 Å². The van der Waals surface area contributed by atoms with Crippen molar-refractivity contribution < 1.29 is 4.74 Å². The fourth-order valence-electron chi connectivity index (χ4n) is 2.33. The quantitative estimate of drug-likeness (QED) is 0.907. The van der Waals surface area contributed by atoms with Gasteiger partial charge in [0, 0.05) is 16.2 Å². The lowest BCUT2D eigenvalue weighted by atomic mass is 10.1. The van der Waals surface area contributed by atoms with Crippen molar-refractivity contribution in [3.05, 3.63) is 63.9 Å². The average molecular weight is 269 g/mol. The molecule has 0 spiro atoms. The zero-order chi connectivity index (χ0) is 13.2. The van der Waals surface area contributed by atoms with E-state index in [0.717, 1.165) is 22.4 Å². The lowest BCUT2D eigenvalue weighted by Crippen LogP contribution is -2.23. The zero-order valence-corrected chi connectivity index (χ0v) is 11.5. The van der Waals surface area contributed by atoms with Crippen LogP contribution >= 0.6 is 11.3 Å². The van der Waals surface area contributed by atoms with Crippen LogP contribution in [0.25, 0.3) is 11.3 Å². The van der Waals surface area contributed by atoms with Gasteiger partial charge in [-0.1, -0.05) is 42.5 Å². The van der Waals surface area contributed by atoms with Crippen LogP contribution in [-0.4, -0.2) is 7.11 Å². The van der Waals surface area contributed by atoms with Crippen LogP contribution in [-0.2, 0) is 4.74 Å². The number of allylic oxidation sites excluding steroid dienone is 1. The maximum absolute atomic E-state index is 5.98. The van der Waals surface area contributed by atoms with E-state index in [0.29, 0.717) is 0 Å². The molecular weight excluding hydrogens is 254 g/mol. The Balaban J connectivity index is 2.40. The number of methoxy groups -OCH3 is 1. The first-order valence-corrected chi connectivity index (χ1v) is 7.00. The van der Waals surface area contributed by atoms with E-state index in [2.05, 4.69) is 36.4 Å². The van der Waals surface area contributed by atoms with Crippen LogP contribution in [0.3, 0.4) is 0 Å². The van der Waals surface area contributed by atoms with E-state index in [9.17, 15) is 0 Å². The summed E-state index contributed by atoms with van der Waals surface area (Å²) in [6.45, 7) is 0. The van der Waals surface area contributed by atoms with Crippen LogP contribution in [0.1, 0.15) is 12.0 Å². The maximum Gasteiger partial charge on any atom is 0.108 e. The Morgan fingerprint density at radius 2 is 2.00 bits per heavy atom. The minimum Gasteiger partial charge on any atom is -0.500 e. The molecular formula is C16H15NOS. The molecule has 0 atom stereocenters. The molecule has 96 valence electrons. The molecule has 0 amide bonds. The van der Waals surface area contributed by atoms with E-state index in [1.165, 1.54) is 15.7 Å². The number of hydrogen-bond acceptors (Lipinski definition) is 3. The van der Waals surface area contributed by atoms with Crippen LogP contribution in [0, 0.1) is 0 Å². The molecule has 0 unspecified atom stereocenters. The highest BCUT2D eigenvalue weighted by Crippen LogP contribution is 2.18. The van der Waals surface area contributed by atoms with Gasteiger partial charge in [0.25, 0.3) is 0 Å². The fourth-order valence-corrected chi connectivity index (χ4v) is 3.32. The molecule has 19 heavy (non-hydrogen) atoms. The van der Waals surface area contributed by atoms with E-state index < -0.39 is 0 Å². The van der Waals surface area contributed by atoms with Gasteiger partial charge >= 0.3 is 0 Å². The number of nitrogens with two attached hydrogens (primary N) is 1. The van der Waals surface area contributed by atoms with Crippen molar-refractivity contribution in [2.45, 2.75) is 6.42 Å². The third kappa shape index (κ3) is 2.17. The third-order valence-electron chi connectivity index (χ3n) is 3.22. The molecule has 3 rings (SSSR count). The number of rotatable bonds is 2. The lowest BCUT2D eigenvalue weighted by molar-refractivity contribution is 0.354. The average Bonchev–Trinajstić information content (AvgIpc) is 2.73. The first-order valence-electron chi connectivity index (χ1n) is 6.18. The molecule has 1 heterocycles. The van der Waals surface area contributed by atoms with Crippen molar-refractivity contribution in [3.8, 4) is 0 Å². The Hall–Kier alpha value is -2.00. The summed E-state index contributed by atoms with van der Waals surface area (Å²) in [5, 5.41) is 1.94. The fraction of sp³-hybridized carbons (Fsp3) is 0.125. The highest BCUT2D eigenvalue weighted by molar-refractivity contribution is 7.14. The highest BCUT2D eigenvalue weighted by atomic mass is 32.1. The summed E-state index contributed by atoms with van der Waals surface area (Å²) in [5.41, 5.74) is 8.40. The molecule has 0 saturated heterocycles. The Labute approximate surface area is 116 Å². The molecule has 0 radical (unpaired) electrons. The molecule has 1 aliphatic carbocycles. The molecule has 2 N–H and O–H groups in total. The smallest absolute Gasteiger partial charge is 0.108 e. The Bertz CT molecular complexity index is 741. The second-order valence-corrected chi connectivity index (χ2v) is 5.49. The summed E-state index contributed by atoms with van der Waals surface area (Å²) in [6, 6.07) is 12.4. The Kier molecular flexibility index (Phi) is 3.13. The van der Waals surface area contributed by atoms with E-state index in [1.54, 1.807) is 18.4 Å². The van der Waals surface area contributed by atoms with Gasteiger partial charge in [0.05, 0.1) is 12.1 Å². The van der Waals surface area contributed by atoms with Crippen LogP contribution in [0.5, 0.6) is 0 Å². The number of hydrogen-bond donors (Lipinski definition) is 1. The van der Waals surface area contributed by atoms with Crippen molar-refractivity contribution in [2.24, 2.45) is 0 Å². The number of anilines is 1. The summed E-state index contributed by atoms with van der Waals surface area (Å²) >= 11 is 1.61. The summed E-state index contributed by atoms with van der Waals surface area (Å²) in [5.74, 6) is 0.977. The molecule has 0 aliphatic heterocycles. The Morgan fingerprint density at radius 1 is 1.21 bits per heavy atom. The molecule has 0 saturated carbocycles. The van der Waals surface area contributed by atoms with Gasteiger partial charge in [-0.25, -0.2) is 0 Å².